The van der Waals surface area contributed by atoms with Crippen LogP contribution in [0.25, 0.3) is 0 Å². The molecule has 27 heavy (non-hydrogen) atoms. The van der Waals surface area contributed by atoms with E-state index in [4.69, 9.17) is 0 Å². The van der Waals surface area contributed by atoms with Crippen LogP contribution >= 0.6 is 0 Å². The van der Waals surface area contributed by atoms with E-state index in [0.29, 0.717) is 24.2 Å². The fourth-order valence-electron chi connectivity index (χ4n) is 2.87. The van der Waals surface area contributed by atoms with Crippen molar-refractivity contribution in [3.63, 3.8) is 0 Å². The Balaban J connectivity index is 1.72. The topological polar surface area (TPSA) is 75.7 Å². The predicted molar refractivity (Wildman–Crippen MR) is 96.4 cm³/mol. The lowest BCUT2D eigenvalue weighted by atomic mass is 10.1. The fraction of sp³-hybridized carbons (Fsp3) is 0.278. The Labute approximate surface area is 155 Å². The van der Waals surface area contributed by atoms with Crippen molar-refractivity contribution >= 4 is 21.6 Å². The molecular formula is C18H18F2N2O4S. The average molecular weight is 396 g/mol. The number of sulfonamides is 1. The largest absolute Gasteiger partial charge is 0.434 e. The van der Waals surface area contributed by atoms with E-state index in [1.165, 1.54) is 16.4 Å². The van der Waals surface area contributed by atoms with Gasteiger partial charge in [-0.2, -0.15) is 8.78 Å². The van der Waals surface area contributed by atoms with E-state index in [0.717, 1.165) is 0 Å². The van der Waals surface area contributed by atoms with Crippen molar-refractivity contribution in [2.75, 3.05) is 16.6 Å². The van der Waals surface area contributed by atoms with Crippen LogP contribution in [0.5, 0.6) is 5.75 Å². The molecule has 0 atom stereocenters. The minimum Gasteiger partial charge on any atom is -0.434 e. The molecule has 1 N–H and O–H groups in total. The lowest BCUT2D eigenvalue weighted by Gasteiger charge is -2.17. The second-order valence-corrected chi connectivity index (χ2v) is 7.97. The van der Waals surface area contributed by atoms with E-state index < -0.39 is 22.5 Å². The number of nitrogens with one attached hydrogen (secondary N) is 1. The number of halogens is 2. The third-order valence-corrected chi connectivity index (χ3v) is 5.99. The van der Waals surface area contributed by atoms with Gasteiger partial charge < -0.3 is 10.1 Å². The highest BCUT2D eigenvalue weighted by molar-refractivity contribution is 7.93. The molecule has 1 saturated heterocycles. The van der Waals surface area contributed by atoms with E-state index in [-0.39, 0.29) is 23.6 Å². The summed E-state index contributed by atoms with van der Waals surface area (Å²) in [5.41, 5.74) is 1.12. The average Bonchev–Trinajstić information content (AvgIpc) is 2.99. The molecule has 0 bridgehead atoms. The van der Waals surface area contributed by atoms with Crippen molar-refractivity contribution in [2.45, 2.75) is 19.6 Å². The number of rotatable bonds is 6. The molecule has 0 spiro atoms. The highest BCUT2D eigenvalue weighted by Crippen LogP contribution is 2.25. The van der Waals surface area contributed by atoms with Crippen molar-refractivity contribution in [3.05, 3.63) is 59.7 Å². The number of benzene rings is 2. The summed E-state index contributed by atoms with van der Waals surface area (Å²) in [7, 11) is -3.34. The molecule has 1 aliphatic heterocycles. The summed E-state index contributed by atoms with van der Waals surface area (Å²) < 4.78 is 54.7. The third-order valence-electron chi connectivity index (χ3n) is 4.12. The van der Waals surface area contributed by atoms with E-state index in [1.54, 1.807) is 36.4 Å². The first-order valence-corrected chi connectivity index (χ1v) is 9.89. The standard InChI is InChI=1S/C18H18F2N2O4S/c19-18(20)26-16-8-2-1-5-14(16)12-21-17(23)13-6-3-7-15(11-13)22-9-4-10-27(22,24)25/h1-3,5-8,11,18H,4,9-10,12H2,(H,21,23). The van der Waals surface area contributed by atoms with Crippen LogP contribution in [-0.2, 0) is 16.6 Å². The van der Waals surface area contributed by atoms with Crippen LogP contribution in [0, 0.1) is 0 Å². The van der Waals surface area contributed by atoms with Crippen LogP contribution in [-0.4, -0.2) is 33.2 Å². The predicted octanol–water partition coefficient (Wildman–Crippen LogP) is 2.76. The molecule has 0 aromatic heterocycles. The SMILES string of the molecule is O=C(NCc1ccccc1OC(F)F)c1cccc(N2CCCS2(=O)=O)c1. The van der Waals surface area contributed by atoms with Crippen LogP contribution in [0.1, 0.15) is 22.3 Å². The Morgan fingerprint density at radius 2 is 1.96 bits per heavy atom. The summed E-state index contributed by atoms with van der Waals surface area (Å²) in [6, 6.07) is 12.5. The van der Waals surface area contributed by atoms with Gasteiger partial charge in [-0.25, -0.2) is 8.42 Å². The summed E-state index contributed by atoms with van der Waals surface area (Å²) in [6.07, 6.45) is 0.541. The molecule has 3 rings (SSSR count). The highest BCUT2D eigenvalue weighted by atomic mass is 32.2. The van der Waals surface area contributed by atoms with E-state index >= 15 is 0 Å². The zero-order valence-electron chi connectivity index (χ0n) is 14.3. The number of para-hydroxylation sites is 1. The number of amides is 1. The zero-order chi connectivity index (χ0) is 19.4. The Morgan fingerprint density at radius 3 is 2.67 bits per heavy atom. The number of alkyl halides is 2. The molecule has 2 aromatic rings. The maximum atomic E-state index is 12.5. The molecule has 1 amide bonds. The first-order valence-electron chi connectivity index (χ1n) is 8.28. The second-order valence-electron chi connectivity index (χ2n) is 5.96. The van der Waals surface area contributed by atoms with E-state index in [1.807, 2.05) is 0 Å². The molecule has 1 fully saturated rings. The number of anilines is 1. The number of ether oxygens (including phenoxy) is 1. The fourth-order valence-corrected chi connectivity index (χ4v) is 4.43. The summed E-state index contributed by atoms with van der Waals surface area (Å²) in [4.78, 5) is 12.4. The van der Waals surface area contributed by atoms with Crippen molar-refractivity contribution in [2.24, 2.45) is 0 Å². The van der Waals surface area contributed by atoms with Gasteiger partial charge in [0.05, 0.1) is 11.4 Å². The Bertz CT molecular complexity index is 934. The monoisotopic (exact) mass is 396 g/mol. The van der Waals surface area contributed by atoms with Crippen LogP contribution in [0.3, 0.4) is 0 Å². The first-order chi connectivity index (χ1) is 12.9. The zero-order valence-corrected chi connectivity index (χ0v) is 15.1. The molecule has 9 heteroatoms. The summed E-state index contributed by atoms with van der Waals surface area (Å²) >= 11 is 0. The summed E-state index contributed by atoms with van der Waals surface area (Å²) in [6.45, 7) is -2.58. The van der Waals surface area contributed by atoms with Crippen molar-refractivity contribution in [3.8, 4) is 5.75 Å². The lowest BCUT2D eigenvalue weighted by Crippen LogP contribution is -2.26. The normalized spacial score (nSPS) is 15.7. The van der Waals surface area contributed by atoms with Crippen LogP contribution in [0.2, 0.25) is 0 Å². The molecule has 1 heterocycles. The molecule has 0 aliphatic carbocycles. The van der Waals surface area contributed by atoms with Gasteiger partial charge in [0.15, 0.2) is 0 Å². The highest BCUT2D eigenvalue weighted by Gasteiger charge is 2.28. The minimum atomic E-state index is -3.34. The number of hydrogen-bond acceptors (Lipinski definition) is 4. The van der Waals surface area contributed by atoms with E-state index in [2.05, 4.69) is 10.1 Å². The van der Waals surface area contributed by atoms with Gasteiger partial charge >= 0.3 is 6.61 Å². The quantitative estimate of drug-likeness (QED) is 0.815. The summed E-state index contributed by atoms with van der Waals surface area (Å²) in [5, 5.41) is 2.64. The smallest absolute Gasteiger partial charge is 0.387 e. The van der Waals surface area contributed by atoms with Gasteiger partial charge in [-0.1, -0.05) is 24.3 Å². The minimum absolute atomic E-state index is 0.00598. The maximum Gasteiger partial charge on any atom is 0.387 e. The van der Waals surface area contributed by atoms with Gasteiger partial charge in [-0.05, 0) is 30.7 Å². The van der Waals surface area contributed by atoms with Gasteiger partial charge in [0, 0.05) is 24.2 Å². The van der Waals surface area contributed by atoms with Gasteiger partial charge in [0.1, 0.15) is 5.75 Å². The van der Waals surface area contributed by atoms with Gasteiger partial charge in [-0.3, -0.25) is 9.10 Å². The van der Waals surface area contributed by atoms with Crippen LogP contribution < -0.4 is 14.4 Å². The Kier molecular flexibility index (Phi) is 5.59. The Morgan fingerprint density at radius 1 is 1.19 bits per heavy atom. The molecular weight excluding hydrogens is 378 g/mol. The lowest BCUT2D eigenvalue weighted by molar-refractivity contribution is -0.0504. The molecule has 6 nitrogen and oxygen atoms in total. The third kappa shape index (κ3) is 4.54. The van der Waals surface area contributed by atoms with E-state index in [9.17, 15) is 22.0 Å². The van der Waals surface area contributed by atoms with Gasteiger partial charge in [0.25, 0.3) is 5.91 Å². The molecule has 144 valence electrons. The number of carbonyl (C=O) groups excluding carboxylic acids is 1. The maximum absolute atomic E-state index is 12.5. The molecule has 1 aliphatic rings. The van der Waals surface area contributed by atoms with Crippen molar-refractivity contribution in [1.29, 1.82) is 0 Å². The van der Waals surface area contributed by atoms with Crippen LogP contribution in [0.15, 0.2) is 48.5 Å². The number of carbonyl (C=O) groups is 1. The second kappa shape index (κ2) is 7.91. The van der Waals surface area contributed by atoms with Crippen molar-refractivity contribution in [1.82, 2.24) is 5.32 Å². The van der Waals surface area contributed by atoms with Gasteiger partial charge in [0.2, 0.25) is 10.0 Å². The van der Waals surface area contributed by atoms with Gasteiger partial charge in [-0.15, -0.1) is 0 Å². The molecule has 0 radical (unpaired) electrons. The Hall–Kier alpha value is -2.68. The first kappa shape index (κ1) is 19.1. The number of nitrogens with zero attached hydrogens (tertiary/aromatic N) is 1. The molecule has 2 aromatic carbocycles. The van der Waals surface area contributed by atoms with Crippen LogP contribution in [0.4, 0.5) is 14.5 Å². The molecule has 0 unspecified atom stereocenters. The van der Waals surface area contributed by atoms with Crippen molar-refractivity contribution < 1.29 is 26.7 Å². The summed E-state index contributed by atoms with van der Waals surface area (Å²) in [5.74, 6) is -0.366. The number of hydrogen-bond donors (Lipinski definition) is 1. The molecule has 0 saturated carbocycles.